The Bertz CT molecular complexity index is 752. The number of hydrogen-bond acceptors (Lipinski definition) is 2. The molecule has 0 saturated carbocycles. The van der Waals surface area contributed by atoms with Gasteiger partial charge in [0, 0.05) is 11.3 Å². The van der Waals surface area contributed by atoms with Gasteiger partial charge in [-0.3, -0.25) is 9.69 Å². The van der Waals surface area contributed by atoms with Gasteiger partial charge in [0.2, 0.25) is 5.91 Å². The predicted molar refractivity (Wildman–Crippen MR) is 95.6 cm³/mol. The van der Waals surface area contributed by atoms with E-state index in [4.69, 9.17) is 46.4 Å². The van der Waals surface area contributed by atoms with Crippen LogP contribution in [0.15, 0.2) is 36.4 Å². The molecule has 2 aromatic carbocycles. The van der Waals surface area contributed by atoms with Crippen LogP contribution in [0.2, 0.25) is 20.1 Å². The third kappa shape index (κ3) is 2.93. The summed E-state index contributed by atoms with van der Waals surface area (Å²) in [6.45, 7) is 0. The Hall–Kier alpha value is -0.580. The second-order valence-corrected chi connectivity index (χ2v) is 7.34. The second-order valence-electron chi connectivity index (χ2n) is 4.67. The van der Waals surface area contributed by atoms with E-state index < -0.39 is 0 Å². The van der Waals surface area contributed by atoms with Gasteiger partial charge in [-0.05, 0) is 24.3 Å². The Morgan fingerprint density at radius 3 is 2.50 bits per heavy atom. The highest BCUT2D eigenvalue weighted by Crippen LogP contribution is 2.46. The summed E-state index contributed by atoms with van der Waals surface area (Å²) in [4.78, 5) is 14.0. The summed E-state index contributed by atoms with van der Waals surface area (Å²) in [6.07, 6.45) is 0. The first-order chi connectivity index (χ1) is 10.5. The number of amides is 1. The zero-order chi connectivity index (χ0) is 15.9. The van der Waals surface area contributed by atoms with Crippen molar-refractivity contribution in [2.45, 2.75) is 5.37 Å². The fourth-order valence-corrected chi connectivity index (χ4v) is 4.25. The Labute approximate surface area is 152 Å². The average Bonchev–Trinajstić information content (AvgIpc) is 2.86. The number of thioether (sulfide) groups is 1. The first kappa shape index (κ1) is 16.3. The minimum Gasteiger partial charge on any atom is -0.295 e. The minimum atomic E-state index is -0.240. The molecule has 0 aliphatic carbocycles. The molecule has 3 rings (SSSR count). The molecule has 2 aromatic rings. The normalized spacial score (nSPS) is 18.1. The summed E-state index contributed by atoms with van der Waals surface area (Å²) in [5.74, 6) is 0.359. The van der Waals surface area contributed by atoms with Gasteiger partial charge in [-0.2, -0.15) is 0 Å². The highest BCUT2D eigenvalue weighted by molar-refractivity contribution is 8.00. The summed E-state index contributed by atoms with van der Waals surface area (Å²) in [5.41, 5.74) is 1.49. The topological polar surface area (TPSA) is 20.3 Å². The van der Waals surface area contributed by atoms with Gasteiger partial charge in [0.15, 0.2) is 0 Å². The van der Waals surface area contributed by atoms with E-state index >= 15 is 0 Å². The van der Waals surface area contributed by atoms with Crippen molar-refractivity contribution >= 4 is 69.8 Å². The van der Waals surface area contributed by atoms with Gasteiger partial charge in [-0.15, -0.1) is 11.8 Å². The van der Waals surface area contributed by atoms with Crippen molar-refractivity contribution in [2.75, 3.05) is 10.7 Å². The van der Waals surface area contributed by atoms with Crippen molar-refractivity contribution in [1.82, 2.24) is 0 Å². The molecule has 1 amide bonds. The van der Waals surface area contributed by atoms with Crippen LogP contribution in [0, 0.1) is 0 Å². The molecule has 2 nitrogen and oxygen atoms in total. The lowest BCUT2D eigenvalue weighted by Gasteiger charge is -2.25. The van der Waals surface area contributed by atoms with Crippen LogP contribution >= 0.6 is 58.2 Å². The van der Waals surface area contributed by atoms with Crippen LogP contribution in [0.5, 0.6) is 0 Å². The summed E-state index contributed by atoms with van der Waals surface area (Å²) >= 11 is 25.9. The molecule has 114 valence electrons. The minimum absolute atomic E-state index is 0.00979. The van der Waals surface area contributed by atoms with Gasteiger partial charge in [-0.25, -0.2) is 0 Å². The fraction of sp³-hybridized carbons (Fsp3) is 0.133. The van der Waals surface area contributed by atoms with Crippen LogP contribution in [0.25, 0.3) is 0 Å². The maximum atomic E-state index is 12.3. The maximum absolute atomic E-state index is 12.3. The fourth-order valence-electron chi connectivity index (χ4n) is 2.28. The lowest BCUT2D eigenvalue weighted by molar-refractivity contribution is -0.115. The van der Waals surface area contributed by atoms with Crippen LogP contribution in [0.4, 0.5) is 5.69 Å². The standard InChI is InChI=1S/C15H9Cl4NOS/c16-10-5-4-8(6-12(10)18)20-13(21)7-22-15(20)9-2-1-3-11(17)14(9)19/h1-6,15H,7H2/t15-/m1/s1. The first-order valence-corrected chi connectivity index (χ1v) is 8.87. The van der Waals surface area contributed by atoms with Crippen molar-refractivity contribution in [2.24, 2.45) is 0 Å². The molecular formula is C15H9Cl4NOS. The van der Waals surface area contributed by atoms with E-state index in [1.54, 1.807) is 29.2 Å². The Morgan fingerprint density at radius 2 is 1.77 bits per heavy atom. The third-order valence-electron chi connectivity index (χ3n) is 3.30. The monoisotopic (exact) mass is 391 g/mol. The van der Waals surface area contributed by atoms with E-state index in [1.807, 2.05) is 12.1 Å². The Balaban J connectivity index is 2.06. The molecular weight excluding hydrogens is 384 g/mol. The molecule has 1 saturated heterocycles. The van der Waals surface area contributed by atoms with Gasteiger partial charge in [0.05, 0.1) is 25.8 Å². The molecule has 1 aliphatic heterocycles. The van der Waals surface area contributed by atoms with Crippen LogP contribution in [0.3, 0.4) is 0 Å². The molecule has 0 radical (unpaired) electrons. The molecule has 0 N–H and O–H groups in total. The molecule has 1 aliphatic rings. The molecule has 0 aromatic heterocycles. The number of carbonyl (C=O) groups excluding carboxylic acids is 1. The van der Waals surface area contributed by atoms with Crippen LogP contribution in [-0.2, 0) is 4.79 Å². The zero-order valence-electron chi connectivity index (χ0n) is 11.0. The van der Waals surface area contributed by atoms with Gasteiger partial charge >= 0.3 is 0 Å². The summed E-state index contributed by atoms with van der Waals surface area (Å²) in [5, 5.41) is 1.53. The Morgan fingerprint density at radius 1 is 1.00 bits per heavy atom. The first-order valence-electron chi connectivity index (χ1n) is 6.31. The smallest absolute Gasteiger partial charge is 0.238 e. The average molecular weight is 393 g/mol. The second kappa shape index (κ2) is 6.50. The van der Waals surface area contributed by atoms with Gasteiger partial charge in [-0.1, -0.05) is 58.5 Å². The number of carbonyl (C=O) groups is 1. The number of anilines is 1. The molecule has 0 bridgehead atoms. The van der Waals surface area contributed by atoms with Crippen LogP contribution in [-0.4, -0.2) is 11.7 Å². The zero-order valence-corrected chi connectivity index (χ0v) is 14.9. The summed E-state index contributed by atoms with van der Waals surface area (Å²) in [6, 6.07) is 10.5. The largest absolute Gasteiger partial charge is 0.295 e. The highest BCUT2D eigenvalue weighted by atomic mass is 35.5. The molecule has 22 heavy (non-hydrogen) atoms. The molecule has 0 unspecified atom stereocenters. The number of halogens is 4. The van der Waals surface area contributed by atoms with Crippen LogP contribution < -0.4 is 4.90 Å². The van der Waals surface area contributed by atoms with E-state index in [9.17, 15) is 4.79 Å². The molecule has 1 atom stereocenters. The molecule has 1 fully saturated rings. The Kier molecular flexibility index (Phi) is 4.81. The van der Waals surface area contributed by atoms with E-state index in [-0.39, 0.29) is 11.3 Å². The van der Waals surface area contributed by atoms with Crippen molar-refractivity contribution in [1.29, 1.82) is 0 Å². The van der Waals surface area contributed by atoms with Crippen molar-refractivity contribution in [3.8, 4) is 0 Å². The number of hydrogen-bond donors (Lipinski definition) is 0. The molecule has 0 spiro atoms. The number of benzene rings is 2. The number of rotatable bonds is 2. The lowest BCUT2D eigenvalue weighted by atomic mass is 10.2. The van der Waals surface area contributed by atoms with E-state index in [0.29, 0.717) is 31.5 Å². The third-order valence-corrected chi connectivity index (χ3v) is 6.06. The van der Waals surface area contributed by atoms with E-state index in [2.05, 4.69) is 0 Å². The van der Waals surface area contributed by atoms with Gasteiger partial charge < -0.3 is 0 Å². The quantitative estimate of drug-likeness (QED) is 0.617. The van der Waals surface area contributed by atoms with Gasteiger partial charge in [0.1, 0.15) is 5.37 Å². The van der Waals surface area contributed by atoms with Crippen molar-refractivity contribution in [3.05, 3.63) is 62.1 Å². The summed E-state index contributed by atoms with van der Waals surface area (Å²) < 4.78 is 0. The molecule has 7 heteroatoms. The van der Waals surface area contributed by atoms with Crippen molar-refractivity contribution in [3.63, 3.8) is 0 Å². The summed E-state index contributed by atoms with van der Waals surface area (Å²) in [7, 11) is 0. The van der Waals surface area contributed by atoms with E-state index in [1.165, 1.54) is 11.8 Å². The predicted octanol–water partition coefficient (Wildman–Crippen LogP) is 6.08. The SMILES string of the molecule is O=C1CS[C@H](c2cccc(Cl)c2Cl)N1c1ccc(Cl)c(Cl)c1. The highest BCUT2D eigenvalue weighted by Gasteiger charge is 2.35. The van der Waals surface area contributed by atoms with Crippen LogP contribution in [0.1, 0.15) is 10.9 Å². The van der Waals surface area contributed by atoms with Crippen molar-refractivity contribution < 1.29 is 4.79 Å². The lowest BCUT2D eigenvalue weighted by Crippen LogP contribution is -2.27. The van der Waals surface area contributed by atoms with Gasteiger partial charge in [0.25, 0.3) is 0 Å². The maximum Gasteiger partial charge on any atom is 0.238 e. The molecule has 1 heterocycles. The number of nitrogens with zero attached hydrogens (tertiary/aromatic N) is 1. The van der Waals surface area contributed by atoms with E-state index in [0.717, 1.165) is 5.56 Å².